The fourth-order valence-corrected chi connectivity index (χ4v) is 1.51. The maximum Gasteiger partial charge on any atom is 0.419 e. The topological polar surface area (TPSA) is 30.5 Å². The van der Waals surface area contributed by atoms with Gasteiger partial charge in [0.1, 0.15) is 5.75 Å². The minimum Gasteiger partial charge on any atom is -0.434 e. The smallest absolute Gasteiger partial charge is 0.419 e. The Morgan fingerprint density at radius 3 is 2.50 bits per heavy atom. The third-order valence-electron chi connectivity index (χ3n) is 2.38. The third-order valence-corrected chi connectivity index (χ3v) is 2.38. The molecule has 0 radical (unpaired) electrons. The van der Waals surface area contributed by atoms with Crippen LogP contribution >= 0.6 is 0 Å². The number of alkyl halides is 5. The monoisotopic (exact) mass is 299 g/mol. The van der Waals surface area contributed by atoms with Gasteiger partial charge in [0, 0.05) is 20.2 Å². The van der Waals surface area contributed by atoms with E-state index in [4.69, 9.17) is 4.74 Å². The lowest BCUT2D eigenvalue weighted by Gasteiger charge is -2.15. The van der Waals surface area contributed by atoms with Gasteiger partial charge < -0.3 is 14.8 Å². The van der Waals surface area contributed by atoms with E-state index < -0.39 is 24.1 Å². The summed E-state index contributed by atoms with van der Waals surface area (Å²) in [6, 6.07) is 2.98. The number of ether oxygens (including phenoxy) is 2. The van der Waals surface area contributed by atoms with Gasteiger partial charge in [-0.1, -0.05) is 6.07 Å². The van der Waals surface area contributed by atoms with Crippen LogP contribution in [-0.4, -0.2) is 26.9 Å². The molecule has 114 valence electrons. The quantitative estimate of drug-likeness (QED) is 0.620. The van der Waals surface area contributed by atoms with E-state index in [-0.39, 0.29) is 6.54 Å². The van der Waals surface area contributed by atoms with Crippen molar-refractivity contribution in [2.45, 2.75) is 19.3 Å². The highest BCUT2D eigenvalue weighted by Gasteiger charge is 2.35. The first-order chi connectivity index (χ1) is 9.34. The first-order valence-electron chi connectivity index (χ1n) is 5.69. The van der Waals surface area contributed by atoms with Gasteiger partial charge in [-0.3, -0.25) is 0 Å². The zero-order valence-electron chi connectivity index (χ0n) is 10.6. The number of halogens is 5. The Labute approximate surface area is 112 Å². The van der Waals surface area contributed by atoms with E-state index in [0.29, 0.717) is 18.7 Å². The molecule has 0 aliphatic heterocycles. The standard InChI is InChI=1S/C12H14F5NO2/c1-19-5-4-18-7-8-2-3-10(20-11(13)14)9(6-8)12(15,16)17/h2-3,6,11,18H,4-5,7H2,1H3. The maximum absolute atomic E-state index is 12.8. The van der Waals surface area contributed by atoms with Crippen molar-refractivity contribution >= 4 is 0 Å². The summed E-state index contributed by atoms with van der Waals surface area (Å²) in [5.74, 6) is -0.881. The van der Waals surface area contributed by atoms with Gasteiger partial charge in [-0.05, 0) is 17.7 Å². The molecular weight excluding hydrogens is 285 g/mol. The number of methoxy groups -OCH3 is 1. The van der Waals surface area contributed by atoms with Crippen LogP contribution in [-0.2, 0) is 17.5 Å². The van der Waals surface area contributed by atoms with Gasteiger partial charge in [0.25, 0.3) is 0 Å². The number of hydrogen-bond donors (Lipinski definition) is 1. The van der Waals surface area contributed by atoms with Gasteiger partial charge >= 0.3 is 12.8 Å². The van der Waals surface area contributed by atoms with Gasteiger partial charge in [0.15, 0.2) is 0 Å². The van der Waals surface area contributed by atoms with E-state index in [2.05, 4.69) is 10.1 Å². The van der Waals surface area contributed by atoms with Crippen molar-refractivity contribution < 1.29 is 31.4 Å². The van der Waals surface area contributed by atoms with Gasteiger partial charge in [-0.15, -0.1) is 0 Å². The van der Waals surface area contributed by atoms with Crippen molar-refractivity contribution in [1.29, 1.82) is 0 Å². The molecule has 0 amide bonds. The molecule has 3 nitrogen and oxygen atoms in total. The number of rotatable bonds is 7. The van der Waals surface area contributed by atoms with E-state index in [1.54, 1.807) is 0 Å². The Kier molecular flexibility index (Phi) is 6.15. The molecule has 0 aliphatic rings. The van der Waals surface area contributed by atoms with Crippen molar-refractivity contribution in [3.05, 3.63) is 29.3 Å². The molecule has 0 atom stereocenters. The molecule has 1 aromatic carbocycles. The Bertz CT molecular complexity index is 423. The predicted octanol–water partition coefficient (Wildman–Crippen LogP) is 3.04. The zero-order chi connectivity index (χ0) is 15.2. The molecule has 8 heteroatoms. The van der Waals surface area contributed by atoms with E-state index in [1.165, 1.54) is 13.2 Å². The molecule has 0 aliphatic carbocycles. The normalized spacial score (nSPS) is 11.9. The van der Waals surface area contributed by atoms with Gasteiger partial charge in [0.2, 0.25) is 0 Å². The van der Waals surface area contributed by atoms with Crippen LogP contribution < -0.4 is 10.1 Å². The van der Waals surface area contributed by atoms with E-state index in [0.717, 1.165) is 12.1 Å². The molecule has 0 saturated heterocycles. The molecule has 0 saturated carbocycles. The Balaban J connectivity index is 2.85. The summed E-state index contributed by atoms with van der Waals surface area (Å²) in [7, 11) is 1.50. The van der Waals surface area contributed by atoms with Gasteiger partial charge in [-0.25, -0.2) is 0 Å². The summed E-state index contributed by atoms with van der Waals surface area (Å²) in [5, 5.41) is 2.86. The molecule has 0 spiro atoms. The van der Waals surface area contributed by atoms with Crippen LogP contribution in [0.1, 0.15) is 11.1 Å². The highest BCUT2D eigenvalue weighted by molar-refractivity contribution is 5.39. The van der Waals surface area contributed by atoms with Crippen molar-refractivity contribution in [3.8, 4) is 5.75 Å². The van der Waals surface area contributed by atoms with Crippen LogP contribution in [0.4, 0.5) is 22.0 Å². The Hall–Kier alpha value is -1.41. The van der Waals surface area contributed by atoms with E-state index in [9.17, 15) is 22.0 Å². The zero-order valence-corrected chi connectivity index (χ0v) is 10.6. The summed E-state index contributed by atoms with van der Waals surface area (Å²) in [4.78, 5) is 0. The summed E-state index contributed by atoms with van der Waals surface area (Å²) < 4.78 is 71.0. The first-order valence-corrected chi connectivity index (χ1v) is 5.69. The summed E-state index contributed by atoms with van der Waals surface area (Å²) in [5.41, 5.74) is -0.904. The molecule has 0 unspecified atom stereocenters. The summed E-state index contributed by atoms with van der Waals surface area (Å²) in [6.45, 7) is -2.26. The van der Waals surface area contributed by atoms with E-state index >= 15 is 0 Å². The molecule has 0 heterocycles. The lowest BCUT2D eigenvalue weighted by atomic mass is 10.1. The Morgan fingerprint density at radius 1 is 1.25 bits per heavy atom. The molecule has 1 rings (SSSR count). The predicted molar refractivity (Wildman–Crippen MR) is 61.7 cm³/mol. The first kappa shape index (κ1) is 16.6. The molecule has 0 fully saturated rings. The van der Waals surface area contributed by atoms with E-state index in [1.807, 2.05) is 0 Å². The average Bonchev–Trinajstić information content (AvgIpc) is 2.34. The molecule has 0 bridgehead atoms. The average molecular weight is 299 g/mol. The molecule has 1 aromatic rings. The second-order valence-corrected chi connectivity index (χ2v) is 3.88. The van der Waals surface area contributed by atoms with Crippen LogP contribution in [0.5, 0.6) is 5.75 Å². The van der Waals surface area contributed by atoms with Gasteiger partial charge in [-0.2, -0.15) is 22.0 Å². The SMILES string of the molecule is COCCNCc1ccc(OC(F)F)c(C(F)(F)F)c1. The largest absolute Gasteiger partial charge is 0.434 e. The highest BCUT2D eigenvalue weighted by Crippen LogP contribution is 2.37. The molecule has 1 N–H and O–H groups in total. The van der Waals surface area contributed by atoms with Crippen LogP contribution in [0.2, 0.25) is 0 Å². The Morgan fingerprint density at radius 2 is 1.95 bits per heavy atom. The fourth-order valence-electron chi connectivity index (χ4n) is 1.51. The van der Waals surface area contributed by atoms with Crippen molar-refractivity contribution in [3.63, 3.8) is 0 Å². The van der Waals surface area contributed by atoms with Gasteiger partial charge in [0.05, 0.1) is 12.2 Å². The lowest BCUT2D eigenvalue weighted by Crippen LogP contribution is -2.19. The minimum absolute atomic E-state index is 0.168. The van der Waals surface area contributed by atoms with Crippen molar-refractivity contribution in [2.24, 2.45) is 0 Å². The maximum atomic E-state index is 12.8. The third kappa shape index (κ3) is 5.30. The van der Waals surface area contributed by atoms with Crippen molar-refractivity contribution in [2.75, 3.05) is 20.3 Å². The van der Waals surface area contributed by atoms with Crippen LogP contribution in [0, 0.1) is 0 Å². The molecular formula is C12H14F5NO2. The fraction of sp³-hybridized carbons (Fsp3) is 0.500. The number of nitrogens with one attached hydrogen (secondary N) is 1. The van der Waals surface area contributed by atoms with Crippen molar-refractivity contribution in [1.82, 2.24) is 5.32 Å². The minimum atomic E-state index is -4.76. The van der Waals surface area contributed by atoms with Crippen LogP contribution in [0.15, 0.2) is 18.2 Å². The molecule has 20 heavy (non-hydrogen) atoms. The number of hydrogen-bond acceptors (Lipinski definition) is 3. The number of benzene rings is 1. The second-order valence-electron chi connectivity index (χ2n) is 3.88. The summed E-state index contributed by atoms with van der Waals surface area (Å²) >= 11 is 0. The highest BCUT2D eigenvalue weighted by atomic mass is 19.4. The molecule has 0 aromatic heterocycles. The summed E-state index contributed by atoms with van der Waals surface area (Å²) in [6.07, 6.45) is -4.76. The van der Waals surface area contributed by atoms with Crippen LogP contribution in [0.3, 0.4) is 0 Å². The lowest BCUT2D eigenvalue weighted by molar-refractivity contribution is -0.141. The second kappa shape index (κ2) is 7.39. The van der Waals surface area contributed by atoms with Crippen LogP contribution in [0.25, 0.3) is 0 Å².